The van der Waals surface area contributed by atoms with Gasteiger partial charge in [-0.15, -0.1) is 23.5 Å². The van der Waals surface area contributed by atoms with Crippen molar-refractivity contribution in [2.24, 2.45) is 0 Å². The van der Waals surface area contributed by atoms with Gasteiger partial charge in [0, 0.05) is 11.5 Å². The highest BCUT2D eigenvalue weighted by molar-refractivity contribution is 8.20. The zero-order valence-corrected chi connectivity index (χ0v) is 26.7. The van der Waals surface area contributed by atoms with E-state index < -0.39 is 36.7 Å². The summed E-state index contributed by atoms with van der Waals surface area (Å²) in [4.78, 5) is 0. The molecule has 6 nitrogen and oxygen atoms in total. The SMILES string of the molecule is CC(C)(C)[Si](C)(C)OC[C@@H](OS(C)(=O)=O)[C@H](OCc1ccccc1)[C@@H](OCc1ccccc1)C1SCCS1. The van der Waals surface area contributed by atoms with Crippen LogP contribution in [-0.4, -0.2) is 64.0 Å². The van der Waals surface area contributed by atoms with Crippen LogP contribution in [-0.2, 0) is 41.4 Å². The number of rotatable bonds is 14. The van der Waals surface area contributed by atoms with Crippen molar-refractivity contribution in [3.8, 4) is 0 Å². The largest absolute Gasteiger partial charge is 0.414 e. The summed E-state index contributed by atoms with van der Waals surface area (Å²) in [6, 6.07) is 19.9. The Morgan fingerprint density at radius 3 is 1.87 bits per heavy atom. The fourth-order valence-corrected chi connectivity index (χ4v) is 8.42. The minimum Gasteiger partial charge on any atom is -0.414 e. The molecule has 38 heavy (non-hydrogen) atoms. The van der Waals surface area contributed by atoms with E-state index in [-0.39, 0.29) is 16.2 Å². The van der Waals surface area contributed by atoms with Gasteiger partial charge in [0.15, 0.2) is 8.32 Å². The minimum atomic E-state index is -3.79. The van der Waals surface area contributed by atoms with Crippen LogP contribution in [0.15, 0.2) is 60.7 Å². The summed E-state index contributed by atoms with van der Waals surface area (Å²) < 4.78 is 50.4. The Morgan fingerprint density at radius 1 is 0.895 bits per heavy atom. The van der Waals surface area contributed by atoms with Crippen LogP contribution in [0.1, 0.15) is 31.9 Å². The molecule has 1 aliphatic heterocycles. The van der Waals surface area contributed by atoms with Crippen LogP contribution >= 0.6 is 23.5 Å². The van der Waals surface area contributed by atoms with Crippen molar-refractivity contribution < 1.29 is 26.5 Å². The van der Waals surface area contributed by atoms with E-state index in [0.29, 0.717) is 13.2 Å². The topological polar surface area (TPSA) is 71.1 Å². The molecule has 1 heterocycles. The van der Waals surface area contributed by atoms with Crippen molar-refractivity contribution in [3.63, 3.8) is 0 Å². The van der Waals surface area contributed by atoms with Crippen molar-refractivity contribution in [2.75, 3.05) is 24.4 Å². The molecule has 0 bridgehead atoms. The van der Waals surface area contributed by atoms with Gasteiger partial charge in [-0.2, -0.15) is 8.42 Å². The normalized spacial score (nSPS) is 17.8. The maximum absolute atomic E-state index is 12.5. The van der Waals surface area contributed by atoms with Gasteiger partial charge in [0.1, 0.15) is 18.3 Å². The highest BCUT2D eigenvalue weighted by Crippen LogP contribution is 2.40. The Labute approximate surface area is 238 Å². The van der Waals surface area contributed by atoms with Gasteiger partial charge in [0.05, 0.1) is 30.7 Å². The summed E-state index contributed by atoms with van der Waals surface area (Å²) >= 11 is 3.64. The van der Waals surface area contributed by atoms with E-state index in [1.54, 1.807) is 0 Å². The molecule has 2 aromatic carbocycles. The lowest BCUT2D eigenvalue weighted by molar-refractivity contribution is -0.126. The molecule has 3 atom stereocenters. The molecule has 0 aromatic heterocycles. The predicted molar refractivity (Wildman–Crippen MR) is 162 cm³/mol. The Balaban J connectivity index is 1.94. The van der Waals surface area contributed by atoms with Crippen LogP contribution in [0.25, 0.3) is 0 Å². The van der Waals surface area contributed by atoms with Gasteiger partial charge in [-0.05, 0) is 29.3 Å². The van der Waals surface area contributed by atoms with Crippen molar-refractivity contribution in [1.82, 2.24) is 0 Å². The van der Waals surface area contributed by atoms with E-state index >= 15 is 0 Å². The molecule has 0 radical (unpaired) electrons. The third-order valence-electron chi connectivity index (χ3n) is 6.89. The minimum absolute atomic E-state index is 0.0383. The highest BCUT2D eigenvalue weighted by Gasteiger charge is 2.43. The van der Waals surface area contributed by atoms with Crippen LogP contribution in [0, 0.1) is 0 Å². The van der Waals surface area contributed by atoms with Gasteiger partial charge in [-0.3, -0.25) is 4.18 Å². The molecule has 0 unspecified atom stereocenters. The van der Waals surface area contributed by atoms with E-state index in [2.05, 4.69) is 33.9 Å². The molecular weight excluding hydrogens is 557 g/mol. The van der Waals surface area contributed by atoms with Gasteiger partial charge in [-0.25, -0.2) is 0 Å². The molecule has 0 aliphatic carbocycles. The molecule has 0 spiro atoms. The van der Waals surface area contributed by atoms with Gasteiger partial charge in [-0.1, -0.05) is 81.4 Å². The molecule has 10 heteroatoms. The zero-order chi connectivity index (χ0) is 27.8. The molecule has 3 rings (SSSR count). The summed E-state index contributed by atoms with van der Waals surface area (Å²) in [5.41, 5.74) is 2.04. The lowest BCUT2D eigenvalue weighted by atomic mass is 10.1. The maximum Gasteiger partial charge on any atom is 0.264 e. The second kappa shape index (κ2) is 14.2. The fourth-order valence-electron chi connectivity index (χ4n) is 3.75. The Morgan fingerprint density at radius 2 is 1.39 bits per heavy atom. The fraction of sp³-hybridized carbons (Fsp3) is 0.571. The Bertz CT molecular complexity index is 1070. The molecule has 1 aliphatic rings. The molecule has 212 valence electrons. The Hall–Kier alpha value is -0.853. The number of thioether (sulfide) groups is 2. The molecule has 1 saturated heterocycles. The van der Waals surface area contributed by atoms with Crippen molar-refractivity contribution in [3.05, 3.63) is 71.8 Å². The van der Waals surface area contributed by atoms with Crippen LogP contribution in [0.2, 0.25) is 18.1 Å². The van der Waals surface area contributed by atoms with Gasteiger partial charge in [0.2, 0.25) is 0 Å². The van der Waals surface area contributed by atoms with E-state index in [4.69, 9.17) is 18.1 Å². The van der Waals surface area contributed by atoms with E-state index in [9.17, 15) is 8.42 Å². The average molecular weight is 599 g/mol. The molecule has 1 fully saturated rings. The number of hydrogen-bond donors (Lipinski definition) is 0. The lowest BCUT2D eigenvalue weighted by Crippen LogP contribution is -2.51. The summed E-state index contributed by atoms with van der Waals surface area (Å²) in [7, 11) is -5.99. The number of hydrogen-bond acceptors (Lipinski definition) is 8. The van der Waals surface area contributed by atoms with Gasteiger partial charge in [0.25, 0.3) is 10.1 Å². The predicted octanol–water partition coefficient (Wildman–Crippen LogP) is 6.33. The summed E-state index contributed by atoms with van der Waals surface area (Å²) in [5.74, 6) is 2.01. The molecule has 2 aromatic rings. The second-order valence-corrected chi connectivity index (χ2v) is 20.2. The van der Waals surface area contributed by atoms with E-state index in [1.165, 1.54) is 0 Å². The monoisotopic (exact) mass is 598 g/mol. The van der Waals surface area contributed by atoms with Crippen LogP contribution in [0.5, 0.6) is 0 Å². The lowest BCUT2D eigenvalue weighted by Gasteiger charge is -2.40. The van der Waals surface area contributed by atoms with Crippen molar-refractivity contribution in [1.29, 1.82) is 0 Å². The van der Waals surface area contributed by atoms with E-state index in [1.807, 2.05) is 84.2 Å². The van der Waals surface area contributed by atoms with Crippen LogP contribution < -0.4 is 0 Å². The highest BCUT2D eigenvalue weighted by atomic mass is 32.2. The third kappa shape index (κ3) is 9.96. The standard InChI is InChI=1S/C28H42O6S3Si/c1-28(2,3)38(5,6)33-21-24(34-37(4,29)30)25(31-19-22-13-9-7-10-14-22)26(27-35-17-18-36-27)32-20-23-15-11-8-12-16-23/h7-16,24-27H,17-21H2,1-6H3/t24-,25+,26-/m1/s1. The third-order valence-corrected chi connectivity index (χ3v) is 15.1. The first-order valence-corrected chi connectivity index (χ1v) is 19.7. The second-order valence-electron chi connectivity index (χ2n) is 11.0. The first kappa shape index (κ1) is 31.7. The molecular formula is C28H42O6S3Si. The molecule has 0 saturated carbocycles. The zero-order valence-electron chi connectivity index (χ0n) is 23.3. The molecule has 0 amide bonds. The maximum atomic E-state index is 12.5. The first-order chi connectivity index (χ1) is 17.9. The molecule has 0 N–H and O–H groups in total. The van der Waals surface area contributed by atoms with Gasteiger partial charge >= 0.3 is 0 Å². The number of benzene rings is 2. The smallest absolute Gasteiger partial charge is 0.264 e. The number of ether oxygens (including phenoxy) is 2. The Kier molecular flexibility index (Phi) is 11.8. The summed E-state index contributed by atoms with van der Waals surface area (Å²) in [6.45, 7) is 11.6. The quantitative estimate of drug-likeness (QED) is 0.185. The van der Waals surface area contributed by atoms with E-state index in [0.717, 1.165) is 28.9 Å². The summed E-state index contributed by atoms with van der Waals surface area (Å²) in [6.07, 6.45) is -0.849. The average Bonchev–Trinajstić information content (AvgIpc) is 3.38. The van der Waals surface area contributed by atoms with Crippen molar-refractivity contribution in [2.45, 2.75) is 75.0 Å². The van der Waals surface area contributed by atoms with Crippen molar-refractivity contribution >= 4 is 42.0 Å². The van der Waals surface area contributed by atoms with Crippen LogP contribution in [0.3, 0.4) is 0 Å². The van der Waals surface area contributed by atoms with Crippen LogP contribution in [0.4, 0.5) is 0 Å². The summed E-state index contributed by atoms with van der Waals surface area (Å²) in [5, 5.41) is -0.0383. The van der Waals surface area contributed by atoms with Gasteiger partial charge < -0.3 is 13.9 Å². The first-order valence-electron chi connectivity index (χ1n) is 12.9.